The first-order chi connectivity index (χ1) is 5.47. The van der Waals surface area contributed by atoms with E-state index in [1.54, 1.807) is 24.3 Å². The first-order valence-corrected chi connectivity index (χ1v) is 4.94. The van der Waals surface area contributed by atoms with E-state index in [2.05, 4.69) is 6.92 Å². The van der Waals surface area contributed by atoms with Gasteiger partial charge >= 0.3 is 29.6 Å². The van der Waals surface area contributed by atoms with Gasteiger partial charge in [0.25, 0.3) is 10.1 Å². The van der Waals surface area contributed by atoms with E-state index in [1.165, 1.54) is 0 Å². The Hall–Kier alpha value is 0. The SMILES string of the molecule is [CH2-]c1ccc(CS(=O)(=O)O)cc1.[Na+]. The van der Waals surface area contributed by atoms with Gasteiger partial charge < -0.3 is 0 Å². The van der Waals surface area contributed by atoms with E-state index in [0.29, 0.717) is 5.56 Å². The van der Waals surface area contributed by atoms with Gasteiger partial charge in [-0.3, -0.25) is 4.55 Å². The standard InChI is InChI=1S/C8H9O3S.Na/c1-7-2-4-8(5-3-7)6-12(9,10)11;/h2-5H,1,6H2,(H,9,10,11);/q-1;+1. The summed E-state index contributed by atoms with van der Waals surface area (Å²) in [7, 11) is -3.91. The fourth-order valence-corrected chi connectivity index (χ4v) is 1.46. The minimum Gasteiger partial charge on any atom is -0.285 e. The third kappa shape index (κ3) is 5.33. The molecule has 0 aliphatic rings. The van der Waals surface area contributed by atoms with Crippen LogP contribution in [0.4, 0.5) is 0 Å². The van der Waals surface area contributed by atoms with Crippen LogP contribution in [0.5, 0.6) is 0 Å². The van der Waals surface area contributed by atoms with Gasteiger partial charge in [0.05, 0.1) is 5.75 Å². The molecular formula is C8H9NaO3S. The van der Waals surface area contributed by atoms with E-state index < -0.39 is 10.1 Å². The second-order valence-corrected chi connectivity index (χ2v) is 4.00. The molecule has 0 saturated heterocycles. The first kappa shape index (κ1) is 13.0. The van der Waals surface area contributed by atoms with E-state index in [1.807, 2.05) is 0 Å². The van der Waals surface area contributed by atoms with Gasteiger partial charge in [0.1, 0.15) is 0 Å². The van der Waals surface area contributed by atoms with Crippen LogP contribution in [0.2, 0.25) is 0 Å². The maximum atomic E-state index is 10.4. The molecule has 1 aromatic rings. The third-order valence-electron chi connectivity index (χ3n) is 1.37. The fraction of sp³-hybridized carbons (Fsp3) is 0.125. The molecule has 0 fully saturated rings. The van der Waals surface area contributed by atoms with Crippen LogP contribution in [0, 0.1) is 6.92 Å². The van der Waals surface area contributed by atoms with Gasteiger partial charge in [-0.25, -0.2) is 0 Å². The molecule has 0 atom stereocenters. The van der Waals surface area contributed by atoms with Crippen LogP contribution in [0.25, 0.3) is 0 Å². The molecule has 1 N–H and O–H groups in total. The number of hydrogen-bond donors (Lipinski definition) is 1. The molecule has 0 heterocycles. The molecule has 0 aliphatic heterocycles. The summed E-state index contributed by atoms with van der Waals surface area (Å²) in [5.41, 5.74) is 1.37. The van der Waals surface area contributed by atoms with Gasteiger partial charge in [-0.1, -0.05) is 5.56 Å². The van der Waals surface area contributed by atoms with Crippen LogP contribution in [-0.4, -0.2) is 13.0 Å². The molecule has 0 spiro atoms. The Morgan fingerprint density at radius 3 is 2.08 bits per heavy atom. The quantitative estimate of drug-likeness (QED) is 0.356. The van der Waals surface area contributed by atoms with E-state index in [9.17, 15) is 8.42 Å². The summed E-state index contributed by atoms with van der Waals surface area (Å²) >= 11 is 0. The summed E-state index contributed by atoms with van der Waals surface area (Å²) in [5.74, 6) is -0.340. The van der Waals surface area contributed by atoms with Crippen molar-refractivity contribution >= 4 is 10.1 Å². The molecule has 0 radical (unpaired) electrons. The average Bonchev–Trinajstić information content (AvgIpc) is 1.91. The van der Waals surface area contributed by atoms with Crippen molar-refractivity contribution in [2.75, 3.05) is 0 Å². The van der Waals surface area contributed by atoms with Gasteiger partial charge in [0.15, 0.2) is 0 Å². The summed E-state index contributed by atoms with van der Waals surface area (Å²) in [6.45, 7) is 3.65. The maximum absolute atomic E-state index is 10.4. The van der Waals surface area contributed by atoms with Gasteiger partial charge in [0, 0.05) is 0 Å². The van der Waals surface area contributed by atoms with Gasteiger partial charge in [-0.15, -0.1) is 12.1 Å². The summed E-state index contributed by atoms with van der Waals surface area (Å²) in [6, 6.07) is 6.63. The fourth-order valence-electron chi connectivity index (χ4n) is 0.846. The van der Waals surface area contributed by atoms with Gasteiger partial charge in [0.2, 0.25) is 0 Å². The Balaban J connectivity index is 0.00000144. The average molecular weight is 208 g/mol. The zero-order valence-electron chi connectivity index (χ0n) is 7.40. The zero-order chi connectivity index (χ0) is 9.19. The molecule has 0 bridgehead atoms. The Kier molecular flexibility index (Phi) is 5.02. The van der Waals surface area contributed by atoms with Crippen LogP contribution in [0.1, 0.15) is 11.1 Å². The summed E-state index contributed by atoms with van der Waals surface area (Å²) in [4.78, 5) is 0. The van der Waals surface area contributed by atoms with Crippen molar-refractivity contribution in [3.63, 3.8) is 0 Å². The van der Waals surface area contributed by atoms with Gasteiger partial charge in [-0.2, -0.15) is 33.0 Å². The van der Waals surface area contributed by atoms with Crippen molar-refractivity contribution in [1.82, 2.24) is 0 Å². The van der Waals surface area contributed by atoms with Crippen molar-refractivity contribution in [3.8, 4) is 0 Å². The largest absolute Gasteiger partial charge is 1.00 e. The molecule has 1 aromatic carbocycles. The predicted molar refractivity (Wildman–Crippen MR) is 46.2 cm³/mol. The number of benzene rings is 1. The predicted octanol–water partition coefficient (Wildman–Crippen LogP) is -1.74. The van der Waals surface area contributed by atoms with E-state index in [4.69, 9.17) is 4.55 Å². The second-order valence-electron chi connectivity index (χ2n) is 2.54. The molecule has 0 saturated carbocycles. The van der Waals surface area contributed by atoms with Crippen LogP contribution in [0.15, 0.2) is 24.3 Å². The monoisotopic (exact) mass is 208 g/mol. The van der Waals surface area contributed by atoms with Gasteiger partial charge in [-0.05, 0) is 0 Å². The molecule has 0 aliphatic carbocycles. The molecule has 0 unspecified atom stereocenters. The van der Waals surface area contributed by atoms with Crippen LogP contribution >= 0.6 is 0 Å². The minimum absolute atomic E-state index is 0. The molecule has 66 valence electrons. The summed E-state index contributed by atoms with van der Waals surface area (Å²) in [5, 5.41) is 0. The summed E-state index contributed by atoms with van der Waals surface area (Å²) < 4.78 is 29.3. The molecule has 5 heteroatoms. The number of rotatable bonds is 2. The molecule has 13 heavy (non-hydrogen) atoms. The molecular weight excluding hydrogens is 199 g/mol. The second kappa shape index (κ2) is 5.02. The normalized spacial score (nSPS) is 10.5. The van der Waals surface area contributed by atoms with E-state index in [-0.39, 0.29) is 35.3 Å². The maximum Gasteiger partial charge on any atom is 1.00 e. The Labute approximate surface area is 100 Å². The topological polar surface area (TPSA) is 54.4 Å². The smallest absolute Gasteiger partial charge is 0.285 e. The van der Waals surface area contributed by atoms with Crippen molar-refractivity contribution in [3.05, 3.63) is 42.3 Å². The van der Waals surface area contributed by atoms with Crippen LogP contribution in [0.3, 0.4) is 0 Å². The minimum atomic E-state index is -3.91. The van der Waals surface area contributed by atoms with Crippen molar-refractivity contribution in [2.24, 2.45) is 0 Å². The first-order valence-electron chi connectivity index (χ1n) is 3.33. The van der Waals surface area contributed by atoms with Crippen molar-refractivity contribution in [2.45, 2.75) is 5.75 Å². The van der Waals surface area contributed by atoms with E-state index >= 15 is 0 Å². The molecule has 0 amide bonds. The van der Waals surface area contributed by atoms with Crippen molar-refractivity contribution < 1.29 is 42.5 Å². The Bertz CT molecular complexity index is 355. The Morgan fingerprint density at radius 2 is 1.69 bits per heavy atom. The molecule has 0 aromatic heterocycles. The third-order valence-corrected chi connectivity index (χ3v) is 2.07. The summed E-state index contributed by atoms with van der Waals surface area (Å²) in [6.07, 6.45) is 0. The zero-order valence-corrected chi connectivity index (χ0v) is 10.2. The molecule has 3 nitrogen and oxygen atoms in total. The van der Waals surface area contributed by atoms with Crippen molar-refractivity contribution in [1.29, 1.82) is 0 Å². The van der Waals surface area contributed by atoms with Crippen LogP contribution < -0.4 is 29.6 Å². The Morgan fingerprint density at radius 1 is 1.23 bits per heavy atom. The van der Waals surface area contributed by atoms with Crippen LogP contribution in [-0.2, 0) is 15.9 Å². The van der Waals surface area contributed by atoms with E-state index in [0.717, 1.165) is 5.56 Å². The molecule has 1 rings (SSSR count). The number of hydrogen-bond acceptors (Lipinski definition) is 2.